The maximum Gasteiger partial charge on any atom is 0.264 e. The van der Waals surface area contributed by atoms with E-state index in [4.69, 9.17) is 9.36 Å². The molecule has 0 bridgehead atoms. The summed E-state index contributed by atoms with van der Waals surface area (Å²) < 4.78 is 5.20. The van der Waals surface area contributed by atoms with Gasteiger partial charge < -0.3 is 14.7 Å². The van der Waals surface area contributed by atoms with Crippen molar-refractivity contribution in [3.8, 4) is 11.4 Å². The molecule has 7 nitrogen and oxygen atoms in total. The Morgan fingerprint density at radius 3 is 2.88 bits per heavy atom. The van der Waals surface area contributed by atoms with Crippen LogP contribution in [0.5, 0.6) is 0 Å². The molecule has 24 heavy (non-hydrogen) atoms. The van der Waals surface area contributed by atoms with Crippen molar-refractivity contribution < 1.29 is 14.2 Å². The van der Waals surface area contributed by atoms with Gasteiger partial charge in [-0.25, -0.2) is 0 Å². The van der Waals surface area contributed by atoms with Crippen LogP contribution < -0.4 is 5.32 Å². The molecule has 0 fully saturated rings. The molecule has 3 rings (SSSR count). The fourth-order valence-corrected chi connectivity index (χ4v) is 2.41. The Hall–Kier alpha value is -2.70. The summed E-state index contributed by atoms with van der Waals surface area (Å²) in [5.41, 5.74) is 2.87. The number of nitrogens with zero attached hydrogens (tertiary/aromatic N) is 3. The van der Waals surface area contributed by atoms with Crippen LogP contribution in [0, 0.1) is 12.8 Å². The molecule has 0 radical (unpaired) electrons. The third-order valence-corrected chi connectivity index (χ3v) is 3.92. The number of aryl methyl sites for hydroxylation is 1. The van der Waals surface area contributed by atoms with Gasteiger partial charge in [0.2, 0.25) is 17.8 Å². The summed E-state index contributed by atoms with van der Waals surface area (Å²) in [5.74, 6) is 0.907. The molecule has 1 atom stereocenters. The fourth-order valence-electron chi connectivity index (χ4n) is 2.41. The average molecular weight is 328 g/mol. The molecule has 2 aromatic rings. The first-order chi connectivity index (χ1) is 11.5. The Bertz CT molecular complexity index is 767. The van der Waals surface area contributed by atoms with Crippen LogP contribution in [0.3, 0.4) is 0 Å². The number of carbonyl (C=O) groups excluding carboxylic acids is 1. The quantitative estimate of drug-likeness (QED) is 0.910. The zero-order valence-corrected chi connectivity index (χ0v) is 13.9. The number of aromatic nitrogens is 2. The van der Waals surface area contributed by atoms with Crippen LogP contribution in [-0.4, -0.2) is 27.9 Å². The molecule has 7 heteroatoms. The third-order valence-electron chi connectivity index (χ3n) is 3.92. The number of carbonyl (C=O) groups is 1. The van der Waals surface area contributed by atoms with E-state index in [1.54, 1.807) is 0 Å². The second-order valence-corrected chi connectivity index (χ2v) is 6.08. The SMILES string of the molecule is Cc1ccccc1-c1noc(CNC(=O)[C@H]2CC(C(C)C)=NO2)n1. The summed E-state index contributed by atoms with van der Waals surface area (Å²) in [5, 5.41) is 10.7. The molecule has 0 unspecified atom stereocenters. The lowest BCUT2D eigenvalue weighted by molar-refractivity contribution is -0.131. The van der Waals surface area contributed by atoms with Gasteiger partial charge in [-0.2, -0.15) is 4.98 Å². The van der Waals surface area contributed by atoms with Gasteiger partial charge in [-0.05, 0) is 18.4 Å². The Balaban J connectivity index is 1.57. The normalized spacial score (nSPS) is 16.8. The van der Waals surface area contributed by atoms with E-state index in [1.807, 2.05) is 45.0 Å². The second-order valence-electron chi connectivity index (χ2n) is 6.08. The molecule has 1 aromatic heterocycles. The zero-order valence-electron chi connectivity index (χ0n) is 13.9. The predicted molar refractivity (Wildman–Crippen MR) is 88.1 cm³/mol. The first-order valence-electron chi connectivity index (χ1n) is 7.93. The van der Waals surface area contributed by atoms with Gasteiger partial charge in [-0.1, -0.05) is 48.4 Å². The highest BCUT2D eigenvalue weighted by Crippen LogP contribution is 2.20. The molecular weight excluding hydrogens is 308 g/mol. The molecule has 1 aliphatic heterocycles. The van der Waals surface area contributed by atoms with E-state index >= 15 is 0 Å². The van der Waals surface area contributed by atoms with E-state index in [-0.39, 0.29) is 18.4 Å². The highest BCUT2D eigenvalue weighted by Gasteiger charge is 2.29. The summed E-state index contributed by atoms with van der Waals surface area (Å²) in [7, 11) is 0. The van der Waals surface area contributed by atoms with Crippen LogP contribution in [0.4, 0.5) is 0 Å². The highest BCUT2D eigenvalue weighted by atomic mass is 16.6. The molecule has 0 saturated carbocycles. The standard InChI is InChI=1S/C17H20N4O3/c1-10(2)13-8-14(23-20-13)17(22)18-9-15-19-16(21-24-15)12-7-5-4-6-11(12)3/h4-7,10,14H,8-9H2,1-3H3,(H,18,22)/t14-/m1/s1. The van der Waals surface area contributed by atoms with Gasteiger partial charge in [0.15, 0.2) is 0 Å². The number of hydrogen-bond donors (Lipinski definition) is 1. The van der Waals surface area contributed by atoms with Crippen LogP contribution >= 0.6 is 0 Å². The molecule has 0 aliphatic carbocycles. The Morgan fingerprint density at radius 2 is 2.17 bits per heavy atom. The van der Waals surface area contributed by atoms with Crippen molar-refractivity contribution >= 4 is 11.6 Å². The molecular formula is C17H20N4O3. The largest absolute Gasteiger partial charge is 0.382 e. The van der Waals surface area contributed by atoms with Crippen molar-refractivity contribution in [3.05, 3.63) is 35.7 Å². The van der Waals surface area contributed by atoms with Crippen LogP contribution in [-0.2, 0) is 16.2 Å². The van der Waals surface area contributed by atoms with Crippen molar-refractivity contribution in [2.75, 3.05) is 0 Å². The summed E-state index contributed by atoms with van der Waals surface area (Å²) in [4.78, 5) is 21.6. The minimum absolute atomic E-state index is 0.161. The number of nitrogens with one attached hydrogen (secondary N) is 1. The van der Waals surface area contributed by atoms with Crippen molar-refractivity contribution in [2.45, 2.75) is 39.8 Å². The van der Waals surface area contributed by atoms with E-state index in [0.29, 0.717) is 18.1 Å². The fraction of sp³-hybridized carbons (Fsp3) is 0.412. The van der Waals surface area contributed by atoms with Crippen LogP contribution in [0.2, 0.25) is 0 Å². The van der Waals surface area contributed by atoms with E-state index < -0.39 is 6.10 Å². The van der Waals surface area contributed by atoms with Gasteiger partial charge in [-0.15, -0.1) is 0 Å². The maximum absolute atomic E-state index is 12.1. The molecule has 1 aliphatic rings. The third kappa shape index (κ3) is 3.45. The van der Waals surface area contributed by atoms with Crippen molar-refractivity contribution in [1.29, 1.82) is 0 Å². The van der Waals surface area contributed by atoms with Gasteiger partial charge in [-0.3, -0.25) is 4.79 Å². The molecule has 0 spiro atoms. The maximum atomic E-state index is 12.1. The lowest BCUT2D eigenvalue weighted by Gasteiger charge is -2.07. The first-order valence-corrected chi connectivity index (χ1v) is 7.93. The lowest BCUT2D eigenvalue weighted by Crippen LogP contribution is -2.34. The van der Waals surface area contributed by atoms with E-state index in [0.717, 1.165) is 16.8 Å². The average Bonchev–Trinajstić information content (AvgIpc) is 3.22. The van der Waals surface area contributed by atoms with Crippen LogP contribution in [0.15, 0.2) is 33.9 Å². The number of hydrogen-bond acceptors (Lipinski definition) is 6. The summed E-state index contributed by atoms with van der Waals surface area (Å²) in [6.07, 6.45) is -0.0666. The molecule has 0 saturated heterocycles. The number of amides is 1. The monoisotopic (exact) mass is 328 g/mol. The van der Waals surface area contributed by atoms with Gasteiger partial charge in [0, 0.05) is 12.0 Å². The second kappa shape index (κ2) is 6.82. The smallest absolute Gasteiger partial charge is 0.264 e. The number of oxime groups is 1. The van der Waals surface area contributed by atoms with Crippen molar-refractivity contribution in [3.63, 3.8) is 0 Å². The topological polar surface area (TPSA) is 89.6 Å². The summed E-state index contributed by atoms with van der Waals surface area (Å²) >= 11 is 0. The van der Waals surface area contributed by atoms with Gasteiger partial charge >= 0.3 is 0 Å². The Labute approximate surface area is 140 Å². The molecule has 126 valence electrons. The lowest BCUT2D eigenvalue weighted by atomic mass is 10.0. The number of benzene rings is 1. The van der Waals surface area contributed by atoms with E-state index in [2.05, 4.69) is 20.6 Å². The highest BCUT2D eigenvalue weighted by molar-refractivity contribution is 5.93. The summed E-state index contributed by atoms with van der Waals surface area (Å²) in [6, 6.07) is 7.79. The summed E-state index contributed by atoms with van der Waals surface area (Å²) in [6.45, 7) is 6.19. The van der Waals surface area contributed by atoms with E-state index in [9.17, 15) is 4.79 Å². The molecule has 1 amide bonds. The van der Waals surface area contributed by atoms with Gasteiger partial charge in [0.05, 0.1) is 12.3 Å². The zero-order chi connectivity index (χ0) is 17.1. The Kier molecular flexibility index (Phi) is 4.59. The van der Waals surface area contributed by atoms with Crippen molar-refractivity contribution in [2.24, 2.45) is 11.1 Å². The Morgan fingerprint density at radius 1 is 1.38 bits per heavy atom. The molecule has 1 N–H and O–H groups in total. The molecule has 2 heterocycles. The molecule has 1 aromatic carbocycles. The van der Waals surface area contributed by atoms with E-state index in [1.165, 1.54) is 0 Å². The van der Waals surface area contributed by atoms with Gasteiger partial charge in [0.1, 0.15) is 0 Å². The minimum atomic E-state index is -0.582. The van der Waals surface area contributed by atoms with Gasteiger partial charge in [0.25, 0.3) is 5.91 Å². The van der Waals surface area contributed by atoms with Crippen LogP contribution in [0.25, 0.3) is 11.4 Å². The first kappa shape index (κ1) is 16.2. The van der Waals surface area contributed by atoms with Crippen molar-refractivity contribution in [1.82, 2.24) is 15.5 Å². The predicted octanol–water partition coefficient (Wildman–Crippen LogP) is 2.46. The number of rotatable bonds is 5. The van der Waals surface area contributed by atoms with Crippen LogP contribution in [0.1, 0.15) is 31.7 Å². The minimum Gasteiger partial charge on any atom is -0.382 e.